The van der Waals surface area contributed by atoms with Crippen molar-refractivity contribution in [1.82, 2.24) is 5.32 Å². The van der Waals surface area contributed by atoms with E-state index in [9.17, 15) is 14.3 Å². The molecule has 0 heterocycles. The van der Waals surface area contributed by atoms with Gasteiger partial charge in [-0.2, -0.15) is 0 Å². The minimum absolute atomic E-state index is 0.0278. The number of aliphatic hydroxyl groups excluding tert-OH is 1. The maximum Gasteiger partial charge on any atom is 0.261 e. The molecule has 0 aliphatic rings. The summed E-state index contributed by atoms with van der Waals surface area (Å²) >= 11 is 0. The van der Waals surface area contributed by atoms with Crippen molar-refractivity contribution in [2.75, 3.05) is 0 Å². The zero-order valence-corrected chi connectivity index (χ0v) is 11.6. The Labute approximate surface area is 112 Å². The van der Waals surface area contributed by atoms with Crippen molar-refractivity contribution in [2.45, 2.75) is 45.4 Å². The van der Waals surface area contributed by atoms with Crippen molar-refractivity contribution in [1.29, 1.82) is 0 Å². The first kappa shape index (κ1) is 15.4. The zero-order chi connectivity index (χ0) is 14.6. The minimum atomic E-state index is -0.852. The summed E-state index contributed by atoms with van der Waals surface area (Å²) < 4.78 is 18.6. The molecule has 0 fully saturated rings. The Morgan fingerprint density at radius 1 is 1.37 bits per heavy atom. The fourth-order valence-electron chi connectivity index (χ4n) is 1.31. The predicted octanol–water partition coefficient (Wildman–Crippen LogP) is 1.87. The molecule has 19 heavy (non-hydrogen) atoms. The number of aliphatic hydroxyl groups is 1. The second-order valence-electron chi connectivity index (χ2n) is 5.08. The summed E-state index contributed by atoms with van der Waals surface area (Å²) in [5.41, 5.74) is -0.774. The van der Waals surface area contributed by atoms with Crippen LogP contribution in [0.15, 0.2) is 24.3 Å². The molecule has 106 valence electrons. The number of rotatable bonds is 5. The molecule has 0 saturated carbocycles. The summed E-state index contributed by atoms with van der Waals surface area (Å²) in [6.07, 6.45) is -1.56. The molecule has 0 bridgehead atoms. The largest absolute Gasteiger partial charge is 0.478 e. The Kier molecular flexibility index (Phi) is 4.89. The first-order chi connectivity index (χ1) is 8.74. The standard InChI is InChI=1S/C14H20FNO3/c1-9(13(18)16-14(3,4)10(2)17)19-12-8-6-5-7-11(12)15/h5-10,17H,1-4H3,(H,16,18). The molecule has 1 amide bonds. The average molecular weight is 269 g/mol. The molecule has 0 saturated heterocycles. The van der Waals surface area contributed by atoms with Crippen LogP contribution in [-0.4, -0.2) is 28.8 Å². The van der Waals surface area contributed by atoms with E-state index in [-0.39, 0.29) is 5.75 Å². The molecule has 1 rings (SSSR count). The molecule has 4 nitrogen and oxygen atoms in total. The van der Waals surface area contributed by atoms with Crippen molar-refractivity contribution in [2.24, 2.45) is 0 Å². The van der Waals surface area contributed by atoms with E-state index >= 15 is 0 Å². The molecule has 0 radical (unpaired) electrons. The first-order valence-corrected chi connectivity index (χ1v) is 6.15. The topological polar surface area (TPSA) is 58.6 Å². The van der Waals surface area contributed by atoms with E-state index in [4.69, 9.17) is 4.74 Å². The molecule has 1 aromatic carbocycles. The molecule has 0 spiro atoms. The molecular formula is C14H20FNO3. The van der Waals surface area contributed by atoms with E-state index in [1.54, 1.807) is 32.9 Å². The summed E-state index contributed by atoms with van der Waals surface area (Å²) in [5.74, 6) is -0.897. The number of nitrogens with one attached hydrogen (secondary N) is 1. The van der Waals surface area contributed by atoms with Gasteiger partial charge in [-0.15, -0.1) is 0 Å². The van der Waals surface area contributed by atoms with Crippen LogP contribution in [0.5, 0.6) is 5.75 Å². The van der Waals surface area contributed by atoms with Gasteiger partial charge in [-0.3, -0.25) is 4.79 Å². The lowest BCUT2D eigenvalue weighted by Crippen LogP contribution is -2.54. The van der Waals surface area contributed by atoms with E-state index in [1.807, 2.05) is 0 Å². The number of amides is 1. The molecule has 1 aromatic rings. The SMILES string of the molecule is CC(Oc1ccccc1F)C(=O)NC(C)(C)C(C)O. The lowest BCUT2D eigenvalue weighted by molar-refractivity contribution is -0.130. The third-order valence-electron chi connectivity index (χ3n) is 3.00. The lowest BCUT2D eigenvalue weighted by Gasteiger charge is -2.30. The highest BCUT2D eigenvalue weighted by Gasteiger charge is 2.28. The van der Waals surface area contributed by atoms with Crippen LogP contribution in [-0.2, 0) is 4.79 Å². The van der Waals surface area contributed by atoms with Crippen LogP contribution in [0.25, 0.3) is 0 Å². The quantitative estimate of drug-likeness (QED) is 0.858. The number of benzene rings is 1. The van der Waals surface area contributed by atoms with E-state index in [0.29, 0.717) is 0 Å². The lowest BCUT2D eigenvalue weighted by atomic mass is 9.98. The van der Waals surface area contributed by atoms with Crippen LogP contribution in [0.4, 0.5) is 4.39 Å². The molecule has 2 N–H and O–H groups in total. The van der Waals surface area contributed by atoms with E-state index in [1.165, 1.54) is 19.1 Å². The van der Waals surface area contributed by atoms with Gasteiger partial charge in [0.1, 0.15) is 0 Å². The number of carbonyl (C=O) groups excluding carboxylic acids is 1. The Hall–Kier alpha value is -1.62. The van der Waals surface area contributed by atoms with E-state index in [0.717, 1.165) is 0 Å². The number of hydrogen-bond acceptors (Lipinski definition) is 3. The number of carbonyl (C=O) groups is 1. The summed E-state index contributed by atoms with van der Waals surface area (Å²) in [6, 6.07) is 5.89. The minimum Gasteiger partial charge on any atom is -0.478 e. The van der Waals surface area contributed by atoms with Gasteiger partial charge in [0.2, 0.25) is 0 Å². The van der Waals surface area contributed by atoms with Crippen molar-refractivity contribution in [3.63, 3.8) is 0 Å². The van der Waals surface area contributed by atoms with Gasteiger partial charge in [0.15, 0.2) is 17.7 Å². The molecule has 0 aliphatic heterocycles. The van der Waals surface area contributed by atoms with E-state index in [2.05, 4.69) is 5.32 Å². The van der Waals surface area contributed by atoms with Crippen LogP contribution in [0.1, 0.15) is 27.7 Å². The Balaban J connectivity index is 2.66. The van der Waals surface area contributed by atoms with Gasteiger partial charge in [-0.05, 0) is 39.8 Å². The molecular weight excluding hydrogens is 249 g/mol. The fraction of sp³-hybridized carbons (Fsp3) is 0.500. The number of para-hydroxylation sites is 1. The van der Waals surface area contributed by atoms with Gasteiger partial charge >= 0.3 is 0 Å². The smallest absolute Gasteiger partial charge is 0.261 e. The Morgan fingerprint density at radius 3 is 2.47 bits per heavy atom. The predicted molar refractivity (Wildman–Crippen MR) is 70.4 cm³/mol. The molecule has 0 aliphatic carbocycles. The van der Waals surface area contributed by atoms with Crippen LogP contribution in [0.3, 0.4) is 0 Å². The van der Waals surface area contributed by atoms with E-state index < -0.39 is 29.5 Å². The van der Waals surface area contributed by atoms with Crippen molar-refractivity contribution in [3.05, 3.63) is 30.1 Å². The highest BCUT2D eigenvalue weighted by atomic mass is 19.1. The summed E-state index contributed by atoms with van der Waals surface area (Å²) in [6.45, 7) is 6.51. The van der Waals surface area contributed by atoms with Crippen LogP contribution in [0.2, 0.25) is 0 Å². The number of halogens is 1. The summed E-state index contributed by atoms with van der Waals surface area (Å²) in [4.78, 5) is 11.9. The highest BCUT2D eigenvalue weighted by molar-refractivity contribution is 5.81. The third kappa shape index (κ3) is 4.21. The van der Waals surface area contributed by atoms with Crippen molar-refractivity contribution in [3.8, 4) is 5.75 Å². The summed E-state index contributed by atoms with van der Waals surface area (Å²) in [5, 5.41) is 12.2. The van der Waals surface area contributed by atoms with Gasteiger partial charge in [0, 0.05) is 0 Å². The van der Waals surface area contributed by atoms with Crippen LogP contribution < -0.4 is 10.1 Å². The second-order valence-corrected chi connectivity index (χ2v) is 5.08. The Morgan fingerprint density at radius 2 is 1.95 bits per heavy atom. The van der Waals surface area contributed by atoms with Gasteiger partial charge in [-0.25, -0.2) is 4.39 Å². The normalized spacial score (nSPS) is 14.6. The monoisotopic (exact) mass is 269 g/mol. The number of ether oxygens (including phenoxy) is 1. The van der Waals surface area contributed by atoms with Gasteiger partial charge in [0.25, 0.3) is 5.91 Å². The molecule has 0 aromatic heterocycles. The van der Waals surface area contributed by atoms with Gasteiger partial charge in [-0.1, -0.05) is 12.1 Å². The van der Waals surface area contributed by atoms with Crippen LogP contribution >= 0.6 is 0 Å². The second kappa shape index (κ2) is 6.02. The maximum atomic E-state index is 13.4. The van der Waals surface area contributed by atoms with Gasteiger partial charge in [0.05, 0.1) is 11.6 Å². The fourth-order valence-corrected chi connectivity index (χ4v) is 1.31. The van der Waals surface area contributed by atoms with Crippen molar-refractivity contribution >= 4 is 5.91 Å². The van der Waals surface area contributed by atoms with Crippen LogP contribution in [0, 0.1) is 5.82 Å². The molecule has 5 heteroatoms. The summed E-state index contributed by atoms with van der Waals surface area (Å²) in [7, 11) is 0. The first-order valence-electron chi connectivity index (χ1n) is 6.15. The molecule has 2 atom stereocenters. The van der Waals surface area contributed by atoms with Gasteiger partial charge < -0.3 is 15.2 Å². The Bertz CT molecular complexity index is 446. The molecule has 2 unspecified atom stereocenters. The highest BCUT2D eigenvalue weighted by Crippen LogP contribution is 2.17. The number of hydrogen-bond donors (Lipinski definition) is 2. The van der Waals surface area contributed by atoms with Crippen molar-refractivity contribution < 1.29 is 19.0 Å². The third-order valence-corrected chi connectivity index (χ3v) is 3.00. The maximum absolute atomic E-state index is 13.4. The average Bonchev–Trinajstić information content (AvgIpc) is 2.31. The zero-order valence-electron chi connectivity index (χ0n) is 11.6.